The van der Waals surface area contributed by atoms with Gasteiger partial charge < -0.3 is 15.2 Å². The van der Waals surface area contributed by atoms with Crippen molar-refractivity contribution in [2.45, 2.75) is 13.0 Å². The standard InChI is InChI=1S/C16H18FNO2/c1-2-20-16-10-6-5-9-14(16)18-11-15(19)12-7-3-4-8-13(12)17/h3-10,15,18-19H,2,11H2,1H3. The Morgan fingerprint density at radius 2 is 1.85 bits per heavy atom. The van der Waals surface area contributed by atoms with Crippen LogP contribution < -0.4 is 10.1 Å². The van der Waals surface area contributed by atoms with Crippen molar-refractivity contribution in [3.8, 4) is 5.75 Å². The molecule has 0 aliphatic rings. The minimum atomic E-state index is -0.911. The highest BCUT2D eigenvalue weighted by Gasteiger charge is 2.12. The van der Waals surface area contributed by atoms with Crippen LogP contribution in [-0.4, -0.2) is 18.3 Å². The fourth-order valence-electron chi connectivity index (χ4n) is 1.96. The van der Waals surface area contributed by atoms with Crippen molar-refractivity contribution in [2.75, 3.05) is 18.5 Å². The van der Waals surface area contributed by atoms with E-state index < -0.39 is 11.9 Å². The smallest absolute Gasteiger partial charge is 0.142 e. The number of ether oxygens (including phenoxy) is 1. The highest BCUT2D eigenvalue weighted by Crippen LogP contribution is 2.25. The minimum absolute atomic E-state index is 0.213. The molecule has 0 spiro atoms. The number of rotatable bonds is 6. The Hall–Kier alpha value is -2.07. The Kier molecular flexibility index (Phi) is 4.96. The van der Waals surface area contributed by atoms with Gasteiger partial charge in [-0.1, -0.05) is 30.3 Å². The summed E-state index contributed by atoms with van der Waals surface area (Å²) in [6.45, 7) is 2.69. The highest BCUT2D eigenvalue weighted by atomic mass is 19.1. The van der Waals surface area contributed by atoms with Crippen LogP contribution in [0, 0.1) is 5.82 Å². The molecule has 1 atom stereocenters. The van der Waals surface area contributed by atoms with E-state index in [2.05, 4.69) is 5.32 Å². The van der Waals surface area contributed by atoms with Crippen LogP contribution in [0.4, 0.5) is 10.1 Å². The van der Waals surface area contributed by atoms with Crippen LogP contribution in [-0.2, 0) is 0 Å². The largest absolute Gasteiger partial charge is 0.492 e. The fourth-order valence-corrected chi connectivity index (χ4v) is 1.96. The van der Waals surface area contributed by atoms with E-state index in [1.54, 1.807) is 18.2 Å². The third kappa shape index (κ3) is 3.48. The van der Waals surface area contributed by atoms with E-state index in [0.717, 1.165) is 11.4 Å². The quantitative estimate of drug-likeness (QED) is 0.849. The van der Waals surface area contributed by atoms with Crippen LogP contribution in [0.2, 0.25) is 0 Å². The molecule has 0 saturated carbocycles. The molecule has 0 radical (unpaired) electrons. The van der Waals surface area contributed by atoms with Gasteiger partial charge in [0.15, 0.2) is 0 Å². The number of aliphatic hydroxyl groups is 1. The maximum absolute atomic E-state index is 13.6. The molecule has 0 bridgehead atoms. The molecule has 20 heavy (non-hydrogen) atoms. The van der Waals surface area contributed by atoms with E-state index in [4.69, 9.17) is 4.74 Å². The molecule has 0 amide bonds. The van der Waals surface area contributed by atoms with Crippen molar-refractivity contribution in [3.63, 3.8) is 0 Å². The lowest BCUT2D eigenvalue weighted by Gasteiger charge is -2.16. The normalized spacial score (nSPS) is 11.9. The average Bonchev–Trinajstić information content (AvgIpc) is 2.47. The molecule has 0 aromatic heterocycles. The number of nitrogens with one attached hydrogen (secondary N) is 1. The van der Waals surface area contributed by atoms with Gasteiger partial charge in [0.05, 0.1) is 18.4 Å². The van der Waals surface area contributed by atoms with Gasteiger partial charge in [0.25, 0.3) is 0 Å². The molecule has 106 valence electrons. The van der Waals surface area contributed by atoms with Crippen LogP contribution in [0.25, 0.3) is 0 Å². The van der Waals surface area contributed by atoms with Gasteiger partial charge in [0.2, 0.25) is 0 Å². The summed E-state index contributed by atoms with van der Waals surface area (Å²) in [6.07, 6.45) is -0.911. The molecular weight excluding hydrogens is 257 g/mol. The second-order valence-electron chi connectivity index (χ2n) is 4.35. The zero-order valence-electron chi connectivity index (χ0n) is 11.3. The lowest BCUT2D eigenvalue weighted by molar-refractivity contribution is 0.186. The van der Waals surface area contributed by atoms with Gasteiger partial charge in [0.1, 0.15) is 11.6 Å². The molecule has 2 rings (SSSR count). The van der Waals surface area contributed by atoms with Gasteiger partial charge in [0, 0.05) is 12.1 Å². The second-order valence-corrected chi connectivity index (χ2v) is 4.35. The van der Waals surface area contributed by atoms with Gasteiger partial charge in [-0.3, -0.25) is 0 Å². The van der Waals surface area contributed by atoms with Crippen LogP contribution >= 0.6 is 0 Å². The lowest BCUT2D eigenvalue weighted by atomic mass is 10.1. The fraction of sp³-hybridized carbons (Fsp3) is 0.250. The lowest BCUT2D eigenvalue weighted by Crippen LogP contribution is -2.14. The predicted molar refractivity (Wildman–Crippen MR) is 77.5 cm³/mol. The summed E-state index contributed by atoms with van der Waals surface area (Å²) in [5.41, 5.74) is 1.07. The van der Waals surface area contributed by atoms with Gasteiger partial charge in [-0.25, -0.2) is 4.39 Å². The van der Waals surface area contributed by atoms with Gasteiger partial charge in [-0.05, 0) is 25.1 Å². The van der Waals surface area contributed by atoms with Gasteiger partial charge in [-0.15, -0.1) is 0 Å². The van der Waals surface area contributed by atoms with E-state index in [-0.39, 0.29) is 12.1 Å². The topological polar surface area (TPSA) is 41.5 Å². The van der Waals surface area contributed by atoms with Crippen LogP contribution in [0.5, 0.6) is 5.75 Å². The van der Waals surface area contributed by atoms with E-state index in [0.29, 0.717) is 6.61 Å². The SMILES string of the molecule is CCOc1ccccc1NCC(O)c1ccccc1F. The molecule has 0 aliphatic carbocycles. The molecule has 2 N–H and O–H groups in total. The molecule has 2 aromatic rings. The minimum Gasteiger partial charge on any atom is -0.492 e. The van der Waals surface area contributed by atoms with Crippen LogP contribution in [0.1, 0.15) is 18.6 Å². The third-order valence-electron chi connectivity index (χ3n) is 2.94. The summed E-state index contributed by atoms with van der Waals surface area (Å²) in [7, 11) is 0. The number of benzene rings is 2. The van der Waals surface area contributed by atoms with E-state index in [1.165, 1.54) is 6.07 Å². The first-order valence-corrected chi connectivity index (χ1v) is 6.60. The Morgan fingerprint density at radius 3 is 2.60 bits per heavy atom. The summed E-state index contributed by atoms with van der Waals surface area (Å²) >= 11 is 0. The Labute approximate surface area is 118 Å². The number of para-hydroxylation sites is 2. The molecule has 0 heterocycles. The van der Waals surface area contributed by atoms with Crippen molar-refractivity contribution >= 4 is 5.69 Å². The maximum Gasteiger partial charge on any atom is 0.142 e. The number of anilines is 1. The zero-order valence-corrected chi connectivity index (χ0v) is 11.3. The van der Waals surface area contributed by atoms with Crippen molar-refractivity contribution in [2.24, 2.45) is 0 Å². The number of halogens is 1. The summed E-state index contributed by atoms with van der Waals surface area (Å²) < 4.78 is 19.0. The van der Waals surface area contributed by atoms with Crippen LogP contribution in [0.3, 0.4) is 0 Å². The molecule has 1 unspecified atom stereocenters. The molecule has 0 saturated heterocycles. The molecule has 0 fully saturated rings. The van der Waals surface area contributed by atoms with Gasteiger partial charge in [-0.2, -0.15) is 0 Å². The Balaban J connectivity index is 2.04. The second kappa shape index (κ2) is 6.91. The third-order valence-corrected chi connectivity index (χ3v) is 2.94. The maximum atomic E-state index is 13.6. The van der Waals surface area contributed by atoms with Crippen LogP contribution in [0.15, 0.2) is 48.5 Å². The summed E-state index contributed by atoms with van der Waals surface area (Å²) in [6, 6.07) is 13.7. The van der Waals surface area contributed by atoms with E-state index in [1.807, 2.05) is 31.2 Å². The zero-order chi connectivity index (χ0) is 14.4. The van der Waals surface area contributed by atoms with Crippen molar-refractivity contribution in [1.29, 1.82) is 0 Å². The first kappa shape index (κ1) is 14.3. The number of hydrogen-bond donors (Lipinski definition) is 2. The highest BCUT2D eigenvalue weighted by molar-refractivity contribution is 5.56. The molecule has 0 aliphatic heterocycles. The molecule has 3 nitrogen and oxygen atoms in total. The average molecular weight is 275 g/mol. The Bertz CT molecular complexity index is 560. The predicted octanol–water partition coefficient (Wildman–Crippen LogP) is 3.37. The monoisotopic (exact) mass is 275 g/mol. The summed E-state index contributed by atoms with van der Waals surface area (Å²) in [5.74, 6) is 0.315. The summed E-state index contributed by atoms with van der Waals surface area (Å²) in [5, 5.41) is 13.1. The van der Waals surface area contributed by atoms with E-state index >= 15 is 0 Å². The Morgan fingerprint density at radius 1 is 1.15 bits per heavy atom. The first-order chi connectivity index (χ1) is 9.72. The molecular formula is C16H18FNO2. The van der Waals surface area contributed by atoms with Crippen molar-refractivity contribution < 1.29 is 14.2 Å². The number of hydrogen-bond acceptors (Lipinski definition) is 3. The molecule has 4 heteroatoms. The van der Waals surface area contributed by atoms with E-state index in [9.17, 15) is 9.50 Å². The molecule has 2 aromatic carbocycles. The first-order valence-electron chi connectivity index (χ1n) is 6.60. The van der Waals surface area contributed by atoms with Gasteiger partial charge >= 0.3 is 0 Å². The summed E-state index contributed by atoms with van der Waals surface area (Å²) in [4.78, 5) is 0. The number of aliphatic hydroxyl groups excluding tert-OH is 1. The van der Waals surface area contributed by atoms with Crippen molar-refractivity contribution in [3.05, 3.63) is 59.9 Å². The van der Waals surface area contributed by atoms with Crippen molar-refractivity contribution in [1.82, 2.24) is 0 Å².